The van der Waals surface area contributed by atoms with Gasteiger partial charge in [-0.3, -0.25) is 4.79 Å². The number of aromatic amines is 1. The first-order chi connectivity index (χ1) is 9.22. The molecule has 0 aromatic carbocycles. The van der Waals surface area contributed by atoms with Crippen LogP contribution in [-0.2, 0) is 11.2 Å². The maximum Gasteiger partial charge on any atom is 0.320 e. The number of hydrogen-bond acceptors (Lipinski definition) is 5. The SMILES string of the molecule is O=C(O)[C@H]1C[C@@H]2CC(Cc3nn[nH]n3)CC[C@H]2CN1. The molecule has 1 aliphatic heterocycles. The van der Waals surface area contributed by atoms with Crippen molar-refractivity contribution >= 4 is 5.97 Å². The average molecular weight is 265 g/mol. The Morgan fingerprint density at radius 2 is 2.21 bits per heavy atom. The molecule has 0 bridgehead atoms. The highest BCUT2D eigenvalue weighted by molar-refractivity contribution is 5.73. The minimum absolute atomic E-state index is 0.370. The van der Waals surface area contributed by atoms with E-state index in [0.29, 0.717) is 17.8 Å². The van der Waals surface area contributed by atoms with Gasteiger partial charge in [0.2, 0.25) is 0 Å². The number of nitrogens with one attached hydrogen (secondary N) is 2. The van der Waals surface area contributed by atoms with Crippen molar-refractivity contribution in [2.24, 2.45) is 17.8 Å². The van der Waals surface area contributed by atoms with Gasteiger partial charge in [0.1, 0.15) is 6.04 Å². The van der Waals surface area contributed by atoms with Gasteiger partial charge < -0.3 is 10.4 Å². The lowest BCUT2D eigenvalue weighted by Crippen LogP contribution is -2.49. The summed E-state index contributed by atoms with van der Waals surface area (Å²) in [4.78, 5) is 11.1. The summed E-state index contributed by atoms with van der Waals surface area (Å²) in [5, 5.41) is 26.3. The number of hydrogen-bond donors (Lipinski definition) is 3. The summed E-state index contributed by atoms with van der Waals surface area (Å²) in [6.07, 6.45) is 5.04. The van der Waals surface area contributed by atoms with Gasteiger partial charge in [-0.05, 0) is 50.0 Å². The highest BCUT2D eigenvalue weighted by atomic mass is 16.4. The summed E-state index contributed by atoms with van der Waals surface area (Å²) >= 11 is 0. The molecule has 2 aliphatic rings. The van der Waals surface area contributed by atoms with Crippen LogP contribution in [0.3, 0.4) is 0 Å². The van der Waals surface area contributed by atoms with Gasteiger partial charge in [0.25, 0.3) is 0 Å². The number of piperidine rings is 1. The topological polar surface area (TPSA) is 104 Å². The zero-order valence-electron chi connectivity index (χ0n) is 10.7. The van der Waals surface area contributed by atoms with Crippen molar-refractivity contribution in [3.8, 4) is 0 Å². The molecule has 3 N–H and O–H groups in total. The van der Waals surface area contributed by atoms with Gasteiger partial charge in [0.05, 0.1) is 0 Å². The number of tetrazole rings is 1. The predicted octanol–water partition coefficient (Wildman–Crippen LogP) is 0.221. The molecule has 2 fully saturated rings. The maximum absolute atomic E-state index is 11.1. The van der Waals surface area contributed by atoms with E-state index in [0.717, 1.165) is 31.6 Å². The number of H-pyrrole nitrogens is 1. The fourth-order valence-corrected chi connectivity index (χ4v) is 3.56. The first-order valence-electron chi connectivity index (χ1n) is 6.91. The maximum atomic E-state index is 11.1. The van der Waals surface area contributed by atoms with E-state index >= 15 is 0 Å². The molecule has 1 unspecified atom stereocenters. The van der Waals surface area contributed by atoms with Crippen LogP contribution in [0, 0.1) is 17.8 Å². The predicted molar refractivity (Wildman–Crippen MR) is 66.2 cm³/mol. The van der Waals surface area contributed by atoms with Crippen molar-refractivity contribution in [3.63, 3.8) is 0 Å². The Hall–Kier alpha value is -1.50. The Balaban J connectivity index is 1.59. The van der Waals surface area contributed by atoms with Gasteiger partial charge in [-0.2, -0.15) is 5.21 Å². The highest BCUT2D eigenvalue weighted by Gasteiger charge is 2.37. The number of aliphatic carboxylic acids is 1. The minimum atomic E-state index is -0.723. The van der Waals surface area contributed by atoms with Crippen molar-refractivity contribution in [2.45, 2.75) is 38.1 Å². The Kier molecular flexibility index (Phi) is 3.46. The number of aromatic nitrogens is 4. The molecule has 7 heteroatoms. The van der Waals surface area contributed by atoms with Crippen LogP contribution in [0.1, 0.15) is 31.5 Å². The molecule has 1 saturated carbocycles. The molecular weight excluding hydrogens is 246 g/mol. The van der Waals surface area contributed by atoms with Crippen LogP contribution >= 0.6 is 0 Å². The molecule has 1 aromatic rings. The van der Waals surface area contributed by atoms with Crippen LogP contribution < -0.4 is 5.32 Å². The second-order valence-corrected chi connectivity index (χ2v) is 5.77. The summed E-state index contributed by atoms with van der Waals surface area (Å²) in [5.74, 6) is 1.77. The molecule has 2 heterocycles. The van der Waals surface area contributed by atoms with Crippen LogP contribution in [0.15, 0.2) is 0 Å². The smallest absolute Gasteiger partial charge is 0.320 e. The molecule has 1 aromatic heterocycles. The lowest BCUT2D eigenvalue weighted by Gasteiger charge is -2.41. The van der Waals surface area contributed by atoms with E-state index < -0.39 is 5.97 Å². The van der Waals surface area contributed by atoms with Gasteiger partial charge in [-0.25, -0.2) is 0 Å². The first-order valence-corrected chi connectivity index (χ1v) is 6.91. The molecule has 3 rings (SSSR count). The van der Waals surface area contributed by atoms with E-state index in [9.17, 15) is 4.79 Å². The quantitative estimate of drug-likeness (QED) is 0.722. The van der Waals surface area contributed by atoms with E-state index in [-0.39, 0.29) is 6.04 Å². The first kappa shape index (κ1) is 12.5. The Labute approximate surface area is 111 Å². The minimum Gasteiger partial charge on any atom is -0.480 e. The van der Waals surface area contributed by atoms with E-state index in [1.54, 1.807) is 0 Å². The molecule has 7 nitrogen and oxygen atoms in total. The molecule has 1 saturated heterocycles. The number of carboxylic acids is 1. The number of rotatable bonds is 3. The fraction of sp³-hybridized carbons (Fsp3) is 0.833. The van der Waals surface area contributed by atoms with E-state index in [4.69, 9.17) is 5.11 Å². The summed E-state index contributed by atoms with van der Waals surface area (Å²) in [6, 6.07) is -0.370. The van der Waals surface area contributed by atoms with Crippen molar-refractivity contribution in [2.75, 3.05) is 6.54 Å². The molecule has 0 amide bonds. The van der Waals surface area contributed by atoms with Gasteiger partial charge in [-0.15, -0.1) is 10.2 Å². The number of carbonyl (C=O) groups is 1. The molecule has 0 spiro atoms. The standard InChI is InChI=1S/C12H19N5O2/c18-12(19)10-5-9-3-7(1-2-8(9)6-13-10)4-11-14-16-17-15-11/h7-10,13H,1-6H2,(H,18,19)(H,14,15,16,17)/t7?,8-,9-,10+/m0/s1. The molecule has 1 aliphatic carbocycles. The lowest BCUT2D eigenvalue weighted by atomic mass is 9.69. The molecular formula is C12H19N5O2. The summed E-state index contributed by atoms with van der Waals surface area (Å²) in [6.45, 7) is 0.844. The monoisotopic (exact) mass is 265 g/mol. The van der Waals surface area contributed by atoms with Crippen LogP contribution in [0.25, 0.3) is 0 Å². The summed E-state index contributed by atoms with van der Waals surface area (Å²) < 4.78 is 0. The highest BCUT2D eigenvalue weighted by Crippen LogP contribution is 2.39. The second-order valence-electron chi connectivity index (χ2n) is 5.77. The van der Waals surface area contributed by atoms with Crippen molar-refractivity contribution in [1.82, 2.24) is 25.9 Å². The summed E-state index contributed by atoms with van der Waals surface area (Å²) in [7, 11) is 0. The van der Waals surface area contributed by atoms with Gasteiger partial charge >= 0.3 is 5.97 Å². The third-order valence-corrected chi connectivity index (χ3v) is 4.57. The Morgan fingerprint density at radius 3 is 2.95 bits per heavy atom. The number of carboxylic acid groups (broad SMARTS) is 1. The number of fused-ring (bicyclic) bond motifs is 1. The Morgan fingerprint density at radius 1 is 1.32 bits per heavy atom. The second kappa shape index (κ2) is 5.24. The third-order valence-electron chi connectivity index (χ3n) is 4.57. The average Bonchev–Trinajstić information content (AvgIpc) is 2.90. The largest absolute Gasteiger partial charge is 0.480 e. The van der Waals surface area contributed by atoms with Gasteiger partial charge in [0.15, 0.2) is 5.82 Å². The van der Waals surface area contributed by atoms with Gasteiger partial charge in [0, 0.05) is 6.42 Å². The van der Waals surface area contributed by atoms with Crippen LogP contribution in [0.2, 0.25) is 0 Å². The zero-order chi connectivity index (χ0) is 13.2. The van der Waals surface area contributed by atoms with E-state index in [2.05, 4.69) is 25.9 Å². The van der Waals surface area contributed by atoms with Crippen LogP contribution in [0.4, 0.5) is 0 Å². The van der Waals surface area contributed by atoms with E-state index in [1.807, 2.05) is 0 Å². The Bertz CT molecular complexity index is 435. The van der Waals surface area contributed by atoms with E-state index in [1.165, 1.54) is 12.8 Å². The molecule has 19 heavy (non-hydrogen) atoms. The van der Waals surface area contributed by atoms with Crippen molar-refractivity contribution in [1.29, 1.82) is 0 Å². The normalized spacial score (nSPS) is 34.7. The van der Waals surface area contributed by atoms with Crippen molar-refractivity contribution < 1.29 is 9.90 Å². The van der Waals surface area contributed by atoms with Crippen LogP contribution in [-0.4, -0.2) is 44.3 Å². The molecule has 4 atom stereocenters. The zero-order valence-corrected chi connectivity index (χ0v) is 10.7. The van der Waals surface area contributed by atoms with Crippen LogP contribution in [0.5, 0.6) is 0 Å². The molecule has 104 valence electrons. The summed E-state index contributed by atoms with van der Waals surface area (Å²) in [5.41, 5.74) is 0. The lowest BCUT2D eigenvalue weighted by molar-refractivity contribution is -0.141. The fourth-order valence-electron chi connectivity index (χ4n) is 3.56. The third kappa shape index (κ3) is 2.75. The van der Waals surface area contributed by atoms with Gasteiger partial charge in [-0.1, -0.05) is 5.21 Å². The molecule has 0 radical (unpaired) electrons. The van der Waals surface area contributed by atoms with Crippen molar-refractivity contribution in [3.05, 3.63) is 5.82 Å². The number of nitrogens with zero attached hydrogens (tertiary/aromatic N) is 3.